The van der Waals surface area contributed by atoms with Crippen molar-refractivity contribution in [3.05, 3.63) is 0 Å². The summed E-state index contributed by atoms with van der Waals surface area (Å²) in [6.07, 6.45) is 1.80. The molecule has 0 aromatic heterocycles. The molecule has 0 saturated heterocycles. The number of carbonyl (C=O) groups is 2. The van der Waals surface area contributed by atoms with Crippen LogP contribution >= 0.6 is 0 Å². The zero-order valence-corrected chi connectivity index (χ0v) is 8.90. The minimum Gasteiger partial charge on any atom is -0.480 e. The molecule has 6 heteroatoms. The molecular weight excluding hydrogens is 198 g/mol. The van der Waals surface area contributed by atoms with Gasteiger partial charge in [-0.25, -0.2) is 4.79 Å². The zero-order chi connectivity index (χ0) is 11.8. The predicted octanol–water partition coefficient (Wildman–Crippen LogP) is -0.968. The van der Waals surface area contributed by atoms with Crippen molar-refractivity contribution >= 4 is 11.9 Å². The fourth-order valence-corrected chi connectivity index (χ4v) is 1.05. The Bertz CT molecular complexity index is 219. The van der Waals surface area contributed by atoms with Crippen molar-refractivity contribution in [2.75, 3.05) is 6.54 Å². The van der Waals surface area contributed by atoms with Crippen LogP contribution in [0.1, 0.15) is 26.2 Å². The van der Waals surface area contributed by atoms with Crippen LogP contribution in [0.4, 0.5) is 0 Å². The Morgan fingerprint density at radius 2 is 2.00 bits per heavy atom. The monoisotopic (exact) mass is 217 g/mol. The molecule has 0 aliphatic heterocycles. The lowest BCUT2D eigenvalue weighted by molar-refractivity contribution is -0.142. The molecule has 0 rings (SSSR count). The van der Waals surface area contributed by atoms with E-state index in [0.29, 0.717) is 19.4 Å². The van der Waals surface area contributed by atoms with Crippen LogP contribution in [0, 0.1) is 0 Å². The van der Waals surface area contributed by atoms with Gasteiger partial charge in [-0.15, -0.1) is 0 Å². The highest BCUT2D eigenvalue weighted by Crippen LogP contribution is 2.00. The second kappa shape index (κ2) is 7.19. The fraction of sp³-hybridized carbons (Fsp3) is 0.778. The van der Waals surface area contributed by atoms with Crippen LogP contribution < -0.4 is 16.8 Å². The number of nitrogens with one attached hydrogen (secondary N) is 1. The molecule has 0 bridgehead atoms. The second-order valence-corrected chi connectivity index (χ2v) is 3.47. The summed E-state index contributed by atoms with van der Waals surface area (Å²) >= 11 is 0. The molecule has 1 amide bonds. The highest BCUT2D eigenvalue weighted by molar-refractivity contribution is 5.86. The van der Waals surface area contributed by atoms with Gasteiger partial charge in [-0.05, 0) is 32.7 Å². The molecule has 0 aliphatic rings. The molecule has 6 N–H and O–H groups in total. The molecular formula is C9H19N3O3. The van der Waals surface area contributed by atoms with Gasteiger partial charge in [0.2, 0.25) is 5.91 Å². The van der Waals surface area contributed by atoms with Crippen molar-refractivity contribution in [1.82, 2.24) is 5.32 Å². The maximum absolute atomic E-state index is 11.2. The standard InChI is InChI=1S/C9H19N3O3/c1-6(11)8(13)12-7(9(14)15)4-2-3-5-10/h6-7H,2-5,10-11H2,1H3,(H,12,13)(H,14,15)/t6-,7-/m1/s1. The highest BCUT2D eigenvalue weighted by atomic mass is 16.4. The summed E-state index contributed by atoms with van der Waals surface area (Å²) in [4.78, 5) is 21.9. The number of carbonyl (C=O) groups excluding carboxylic acids is 1. The molecule has 2 atom stereocenters. The first-order valence-corrected chi connectivity index (χ1v) is 4.98. The minimum atomic E-state index is -1.04. The van der Waals surface area contributed by atoms with Crippen LogP contribution in [0.3, 0.4) is 0 Å². The van der Waals surface area contributed by atoms with E-state index in [4.69, 9.17) is 16.6 Å². The Morgan fingerprint density at radius 1 is 1.40 bits per heavy atom. The van der Waals surface area contributed by atoms with E-state index in [0.717, 1.165) is 6.42 Å². The van der Waals surface area contributed by atoms with Gasteiger partial charge < -0.3 is 21.9 Å². The minimum absolute atomic E-state index is 0.380. The van der Waals surface area contributed by atoms with E-state index >= 15 is 0 Å². The molecule has 0 aliphatic carbocycles. The first kappa shape index (κ1) is 13.9. The summed E-state index contributed by atoms with van der Waals surface area (Å²) in [6, 6.07) is -1.56. The van der Waals surface area contributed by atoms with Gasteiger partial charge in [0.05, 0.1) is 6.04 Å². The van der Waals surface area contributed by atoms with Gasteiger partial charge in [0.25, 0.3) is 0 Å². The van der Waals surface area contributed by atoms with E-state index < -0.39 is 24.0 Å². The predicted molar refractivity (Wildman–Crippen MR) is 56.1 cm³/mol. The molecule has 6 nitrogen and oxygen atoms in total. The Hall–Kier alpha value is -1.14. The van der Waals surface area contributed by atoms with Crippen LogP contribution in [0.2, 0.25) is 0 Å². The molecule has 0 aromatic rings. The van der Waals surface area contributed by atoms with Crippen LogP contribution in [0.25, 0.3) is 0 Å². The lowest BCUT2D eigenvalue weighted by atomic mass is 10.1. The quantitative estimate of drug-likeness (QED) is 0.409. The van der Waals surface area contributed by atoms with E-state index in [-0.39, 0.29) is 0 Å². The number of unbranched alkanes of at least 4 members (excludes halogenated alkanes) is 1. The molecule has 0 spiro atoms. The number of aliphatic carboxylic acids is 1. The zero-order valence-electron chi connectivity index (χ0n) is 8.90. The lowest BCUT2D eigenvalue weighted by Crippen LogP contribution is -2.47. The van der Waals surface area contributed by atoms with Gasteiger partial charge in [0.15, 0.2) is 0 Å². The molecule has 0 aromatic carbocycles. The van der Waals surface area contributed by atoms with Crippen molar-refractivity contribution in [3.8, 4) is 0 Å². The largest absolute Gasteiger partial charge is 0.480 e. The van der Waals surface area contributed by atoms with Crippen LogP contribution in [0.15, 0.2) is 0 Å². The summed E-state index contributed by atoms with van der Waals surface area (Å²) in [5.74, 6) is -1.49. The van der Waals surface area contributed by atoms with E-state index in [1.807, 2.05) is 0 Å². The first-order chi connectivity index (χ1) is 6.99. The van der Waals surface area contributed by atoms with Crippen molar-refractivity contribution in [2.45, 2.75) is 38.3 Å². The summed E-state index contributed by atoms with van der Waals surface area (Å²) < 4.78 is 0. The van der Waals surface area contributed by atoms with Crippen LogP contribution in [0.5, 0.6) is 0 Å². The maximum atomic E-state index is 11.2. The van der Waals surface area contributed by atoms with E-state index in [2.05, 4.69) is 5.32 Å². The number of nitrogens with two attached hydrogens (primary N) is 2. The van der Waals surface area contributed by atoms with E-state index in [1.165, 1.54) is 6.92 Å². The maximum Gasteiger partial charge on any atom is 0.326 e. The van der Waals surface area contributed by atoms with Gasteiger partial charge in [-0.3, -0.25) is 4.79 Å². The van der Waals surface area contributed by atoms with Crippen molar-refractivity contribution in [3.63, 3.8) is 0 Å². The van der Waals surface area contributed by atoms with Gasteiger partial charge in [0, 0.05) is 0 Å². The molecule has 0 heterocycles. The third kappa shape index (κ3) is 6.03. The summed E-state index contributed by atoms with van der Waals surface area (Å²) in [5.41, 5.74) is 10.6. The van der Waals surface area contributed by atoms with Gasteiger partial charge in [-0.2, -0.15) is 0 Å². The van der Waals surface area contributed by atoms with Gasteiger partial charge in [-0.1, -0.05) is 0 Å². The average molecular weight is 217 g/mol. The van der Waals surface area contributed by atoms with Gasteiger partial charge >= 0.3 is 5.97 Å². The topological polar surface area (TPSA) is 118 Å². The molecule has 0 fully saturated rings. The highest BCUT2D eigenvalue weighted by Gasteiger charge is 2.20. The van der Waals surface area contributed by atoms with E-state index in [9.17, 15) is 9.59 Å². The third-order valence-electron chi connectivity index (χ3n) is 1.98. The smallest absolute Gasteiger partial charge is 0.326 e. The first-order valence-electron chi connectivity index (χ1n) is 4.98. The number of amides is 1. The Labute approximate surface area is 89.0 Å². The third-order valence-corrected chi connectivity index (χ3v) is 1.98. The molecule has 88 valence electrons. The number of carboxylic acids is 1. The average Bonchev–Trinajstić information content (AvgIpc) is 2.15. The fourth-order valence-electron chi connectivity index (χ4n) is 1.05. The summed E-state index contributed by atoms with van der Waals surface area (Å²) in [7, 11) is 0. The van der Waals surface area contributed by atoms with Crippen LogP contribution in [-0.2, 0) is 9.59 Å². The van der Waals surface area contributed by atoms with Crippen molar-refractivity contribution in [2.24, 2.45) is 11.5 Å². The molecule has 0 saturated carbocycles. The summed E-state index contributed by atoms with van der Waals surface area (Å²) in [5, 5.41) is 11.2. The normalized spacial score (nSPS) is 14.3. The number of carboxylic acid groups (broad SMARTS) is 1. The number of rotatable bonds is 7. The Morgan fingerprint density at radius 3 is 2.40 bits per heavy atom. The molecule has 15 heavy (non-hydrogen) atoms. The van der Waals surface area contributed by atoms with Crippen LogP contribution in [-0.4, -0.2) is 35.6 Å². The van der Waals surface area contributed by atoms with Crippen molar-refractivity contribution in [1.29, 1.82) is 0 Å². The summed E-state index contributed by atoms with van der Waals surface area (Å²) in [6.45, 7) is 2.03. The SMILES string of the molecule is C[C@@H](N)C(=O)N[C@H](CCCCN)C(=O)O. The number of hydrogen-bond donors (Lipinski definition) is 4. The Kier molecular flexibility index (Phi) is 6.64. The lowest BCUT2D eigenvalue weighted by Gasteiger charge is -2.15. The van der Waals surface area contributed by atoms with Gasteiger partial charge in [0.1, 0.15) is 6.04 Å². The molecule has 0 radical (unpaired) electrons. The second-order valence-electron chi connectivity index (χ2n) is 3.47. The van der Waals surface area contributed by atoms with Crippen molar-refractivity contribution < 1.29 is 14.7 Å². The number of hydrogen-bond acceptors (Lipinski definition) is 4. The Balaban J connectivity index is 4.05. The molecule has 0 unspecified atom stereocenters. The van der Waals surface area contributed by atoms with E-state index in [1.54, 1.807) is 0 Å².